The Morgan fingerprint density at radius 3 is 2.54 bits per heavy atom. The number of nitro benzene ring substituents is 1. The zero-order valence-corrected chi connectivity index (χ0v) is 16.3. The molecule has 0 radical (unpaired) electrons. The number of non-ortho nitro benzene ring substituents is 1. The van der Waals surface area contributed by atoms with Crippen molar-refractivity contribution in [1.82, 2.24) is 9.78 Å². The molecular formula is C19H23N3O3Si. The second-order valence-electron chi connectivity index (χ2n) is 7.52. The van der Waals surface area contributed by atoms with Crippen molar-refractivity contribution in [3.05, 3.63) is 58.6 Å². The molecule has 0 amide bonds. The zero-order valence-electron chi connectivity index (χ0n) is 15.3. The molecule has 0 aliphatic heterocycles. The minimum atomic E-state index is -1.15. The van der Waals surface area contributed by atoms with Crippen LogP contribution >= 0.6 is 0 Å². The van der Waals surface area contributed by atoms with Crippen molar-refractivity contribution in [2.24, 2.45) is 0 Å². The molecule has 0 unspecified atom stereocenters. The average Bonchev–Trinajstić information content (AvgIpc) is 2.96. The van der Waals surface area contributed by atoms with Crippen LogP contribution < -0.4 is 0 Å². The predicted octanol–water partition coefficient (Wildman–Crippen LogP) is 4.92. The van der Waals surface area contributed by atoms with Gasteiger partial charge < -0.3 is 4.74 Å². The molecule has 1 aromatic heterocycles. The summed E-state index contributed by atoms with van der Waals surface area (Å²) in [6.07, 6.45) is 0. The van der Waals surface area contributed by atoms with Gasteiger partial charge in [0.1, 0.15) is 12.4 Å². The van der Waals surface area contributed by atoms with E-state index in [-0.39, 0.29) is 10.6 Å². The van der Waals surface area contributed by atoms with Crippen molar-refractivity contribution >= 4 is 24.7 Å². The van der Waals surface area contributed by atoms with Crippen molar-refractivity contribution in [2.45, 2.75) is 32.4 Å². The number of rotatable bonds is 7. The smallest absolute Gasteiger partial charge is 0.270 e. The van der Waals surface area contributed by atoms with Crippen LogP contribution in [0.15, 0.2) is 48.5 Å². The van der Waals surface area contributed by atoms with Gasteiger partial charge in [0.15, 0.2) is 0 Å². The molecule has 136 valence electrons. The summed E-state index contributed by atoms with van der Waals surface area (Å²) in [5.41, 5.74) is 2.56. The van der Waals surface area contributed by atoms with Crippen molar-refractivity contribution < 1.29 is 9.66 Å². The highest BCUT2D eigenvalue weighted by atomic mass is 28.3. The number of hydrogen-bond acceptors (Lipinski definition) is 4. The third-order valence-corrected chi connectivity index (χ3v) is 5.91. The molecule has 3 rings (SSSR count). The molecule has 6 nitrogen and oxygen atoms in total. The van der Waals surface area contributed by atoms with E-state index in [4.69, 9.17) is 4.74 Å². The monoisotopic (exact) mass is 369 g/mol. The molecule has 1 heterocycles. The Labute approximate surface area is 153 Å². The molecule has 26 heavy (non-hydrogen) atoms. The second-order valence-corrected chi connectivity index (χ2v) is 13.1. The van der Waals surface area contributed by atoms with Crippen LogP contribution in [0, 0.1) is 10.1 Å². The van der Waals surface area contributed by atoms with Crippen molar-refractivity contribution in [2.75, 3.05) is 6.61 Å². The number of fused-ring (bicyclic) bond motifs is 1. The number of nitro groups is 1. The van der Waals surface area contributed by atoms with Crippen LogP contribution in [0.2, 0.25) is 25.7 Å². The first-order valence-corrected chi connectivity index (χ1v) is 12.3. The van der Waals surface area contributed by atoms with Gasteiger partial charge in [-0.3, -0.25) is 10.1 Å². The van der Waals surface area contributed by atoms with E-state index in [0.29, 0.717) is 13.3 Å². The molecule has 0 spiro atoms. The first-order valence-electron chi connectivity index (χ1n) is 8.63. The van der Waals surface area contributed by atoms with Gasteiger partial charge in [-0.25, -0.2) is 4.68 Å². The summed E-state index contributed by atoms with van der Waals surface area (Å²) < 4.78 is 7.62. The van der Waals surface area contributed by atoms with E-state index in [1.807, 2.05) is 30.3 Å². The van der Waals surface area contributed by atoms with Crippen LogP contribution in [0.5, 0.6) is 0 Å². The minimum absolute atomic E-state index is 0.0638. The maximum Gasteiger partial charge on any atom is 0.270 e. The van der Waals surface area contributed by atoms with E-state index in [9.17, 15) is 10.1 Å². The van der Waals surface area contributed by atoms with Crippen molar-refractivity contribution in [3.63, 3.8) is 0 Å². The third-order valence-electron chi connectivity index (χ3n) is 4.20. The van der Waals surface area contributed by atoms with Gasteiger partial charge in [0.2, 0.25) is 0 Å². The van der Waals surface area contributed by atoms with E-state index in [1.165, 1.54) is 6.07 Å². The summed E-state index contributed by atoms with van der Waals surface area (Å²) in [7, 11) is -1.15. The fourth-order valence-electron chi connectivity index (χ4n) is 2.72. The van der Waals surface area contributed by atoms with Crippen molar-refractivity contribution in [1.29, 1.82) is 0 Å². The average molecular weight is 369 g/mol. The Morgan fingerprint density at radius 1 is 1.15 bits per heavy atom. The molecule has 0 saturated heterocycles. The summed E-state index contributed by atoms with van der Waals surface area (Å²) >= 11 is 0. The summed E-state index contributed by atoms with van der Waals surface area (Å²) in [5.74, 6) is 0. The molecule has 2 aromatic carbocycles. The van der Waals surface area contributed by atoms with Crippen LogP contribution in [0.4, 0.5) is 5.69 Å². The SMILES string of the molecule is C[Si](C)(C)CCOCn1nc(-c2ccccc2)c2cc([N+](=O)[O-])ccc21. The summed E-state index contributed by atoms with van der Waals surface area (Å²) in [4.78, 5) is 10.8. The van der Waals surface area contributed by atoms with Gasteiger partial charge in [-0.05, 0) is 12.1 Å². The molecule has 0 bridgehead atoms. The van der Waals surface area contributed by atoms with Crippen LogP contribution in [-0.2, 0) is 11.5 Å². The van der Waals surface area contributed by atoms with E-state index in [2.05, 4.69) is 24.7 Å². The summed E-state index contributed by atoms with van der Waals surface area (Å²) in [5, 5.41) is 16.6. The molecule has 3 aromatic rings. The Bertz CT molecular complexity index is 917. The van der Waals surface area contributed by atoms with Crippen molar-refractivity contribution in [3.8, 4) is 11.3 Å². The van der Waals surface area contributed by atoms with Gasteiger partial charge in [0, 0.05) is 37.8 Å². The van der Waals surface area contributed by atoms with Crippen LogP contribution in [0.1, 0.15) is 0 Å². The molecule has 0 saturated carbocycles. The molecular weight excluding hydrogens is 346 g/mol. The Balaban J connectivity index is 1.95. The number of nitrogens with zero attached hydrogens (tertiary/aromatic N) is 3. The standard InChI is InChI=1S/C19H23N3O3Si/c1-26(2,3)12-11-25-14-21-18-10-9-16(22(23)24)13-17(18)19(20-21)15-7-5-4-6-8-15/h4-10,13H,11-12,14H2,1-3H3. The van der Waals surface area contributed by atoms with E-state index >= 15 is 0 Å². The Kier molecular flexibility index (Phi) is 5.20. The maximum atomic E-state index is 11.2. The van der Waals surface area contributed by atoms with Gasteiger partial charge in [0.25, 0.3) is 5.69 Å². The lowest BCUT2D eigenvalue weighted by atomic mass is 10.1. The minimum Gasteiger partial charge on any atom is -0.360 e. The van der Waals surface area contributed by atoms with Gasteiger partial charge in [-0.15, -0.1) is 0 Å². The van der Waals surface area contributed by atoms with E-state index in [0.717, 1.165) is 28.2 Å². The quantitative estimate of drug-likeness (QED) is 0.256. The predicted molar refractivity (Wildman–Crippen MR) is 106 cm³/mol. The van der Waals surface area contributed by atoms with Gasteiger partial charge >= 0.3 is 0 Å². The molecule has 0 N–H and O–H groups in total. The Hall–Kier alpha value is -2.51. The molecule has 7 heteroatoms. The highest BCUT2D eigenvalue weighted by molar-refractivity contribution is 6.76. The number of ether oxygens (including phenoxy) is 1. The first kappa shape index (κ1) is 18.3. The fraction of sp³-hybridized carbons (Fsp3) is 0.316. The molecule has 0 atom stereocenters. The zero-order chi connectivity index (χ0) is 18.7. The third kappa shape index (κ3) is 4.17. The van der Waals surface area contributed by atoms with E-state index in [1.54, 1.807) is 16.8 Å². The van der Waals surface area contributed by atoms with E-state index < -0.39 is 8.07 Å². The molecule has 0 aliphatic rings. The number of benzene rings is 2. The number of aromatic nitrogens is 2. The van der Waals surface area contributed by atoms with Crippen LogP contribution in [-0.4, -0.2) is 29.4 Å². The first-order chi connectivity index (χ1) is 12.3. The highest BCUT2D eigenvalue weighted by Gasteiger charge is 2.17. The van der Waals surface area contributed by atoms with Gasteiger partial charge in [0.05, 0.1) is 10.4 Å². The van der Waals surface area contributed by atoms with Gasteiger partial charge in [-0.2, -0.15) is 5.10 Å². The largest absolute Gasteiger partial charge is 0.360 e. The maximum absolute atomic E-state index is 11.2. The summed E-state index contributed by atoms with van der Waals surface area (Å²) in [6, 6.07) is 15.6. The Morgan fingerprint density at radius 2 is 1.88 bits per heavy atom. The molecule has 0 fully saturated rings. The van der Waals surface area contributed by atoms with Gasteiger partial charge in [-0.1, -0.05) is 50.0 Å². The second kappa shape index (κ2) is 7.39. The normalized spacial score (nSPS) is 11.8. The lowest BCUT2D eigenvalue weighted by Crippen LogP contribution is -2.22. The highest BCUT2D eigenvalue weighted by Crippen LogP contribution is 2.30. The van der Waals surface area contributed by atoms with Crippen LogP contribution in [0.3, 0.4) is 0 Å². The lowest BCUT2D eigenvalue weighted by molar-refractivity contribution is -0.384. The topological polar surface area (TPSA) is 70.2 Å². The molecule has 0 aliphatic carbocycles. The fourth-order valence-corrected chi connectivity index (χ4v) is 3.47. The summed E-state index contributed by atoms with van der Waals surface area (Å²) in [6.45, 7) is 7.97. The number of hydrogen-bond donors (Lipinski definition) is 0. The van der Waals surface area contributed by atoms with Crippen LogP contribution in [0.25, 0.3) is 22.2 Å². The lowest BCUT2D eigenvalue weighted by Gasteiger charge is -2.15.